The molecule has 1 amide bonds. The Labute approximate surface area is 131 Å². The van der Waals surface area contributed by atoms with Crippen LogP contribution >= 0.6 is 0 Å². The molecule has 5 heteroatoms. The number of carbonyl (C=O) groups is 1. The lowest BCUT2D eigenvalue weighted by Gasteiger charge is -2.32. The van der Waals surface area contributed by atoms with Crippen molar-refractivity contribution in [2.45, 2.75) is 44.2 Å². The van der Waals surface area contributed by atoms with E-state index < -0.39 is 6.10 Å². The Morgan fingerprint density at radius 1 is 1.36 bits per heavy atom. The summed E-state index contributed by atoms with van der Waals surface area (Å²) in [4.78, 5) is 13.6. The molecular formula is C17H24N2O3. The van der Waals surface area contributed by atoms with Crippen molar-refractivity contribution in [1.82, 2.24) is 4.90 Å². The highest BCUT2D eigenvalue weighted by molar-refractivity contribution is 5.95. The topological polar surface area (TPSA) is 61.8 Å². The summed E-state index contributed by atoms with van der Waals surface area (Å²) in [5.41, 5.74) is 1.46. The molecule has 0 aromatic heterocycles. The number of amides is 1. The summed E-state index contributed by atoms with van der Waals surface area (Å²) in [6.45, 7) is 0.664. The van der Waals surface area contributed by atoms with Crippen LogP contribution in [0.15, 0.2) is 18.2 Å². The molecule has 0 bridgehead atoms. The van der Waals surface area contributed by atoms with E-state index in [2.05, 4.69) is 17.3 Å². The molecule has 1 atom stereocenters. The van der Waals surface area contributed by atoms with Gasteiger partial charge in [-0.1, -0.05) is 25.3 Å². The van der Waals surface area contributed by atoms with Crippen LogP contribution in [0.2, 0.25) is 0 Å². The van der Waals surface area contributed by atoms with Crippen LogP contribution in [-0.2, 0) is 4.79 Å². The van der Waals surface area contributed by atoms with Gasteiger partial charge in [0.2, 0.25) is 0 Å². The van der Waals surface area contributed by atoms with Crippen molar-refractivity contribution in [3.05, 3.63) is 23.8 Å². The molecule has 1 fully saturated rings. The van der Waals surface area contributed by atoms with Gasteiger partial charge in [0.15, 0.2) is 6.61 Å². The molecule has 0 spiro atoms. The number of hydrogen-bond donors (Lipinski definition) is 2. The molecule has 2 aliphatic rings. The molecule has 2 N–H and O–H groups in total. The highest BCUT2D eigenvalue weighted by Gasteiger charge is 2.22. The number of aliphatic hydroxyl groups excluding tert-OH is 1. The average Bonchev–Trinajstić information content (AvgIpc) is 2.54. The van der Waals surface area contributed by atoms with Crippen LogP contribution < -0.4 is 10.1 Å². The second kappa shape index (κ2) is 6.67. The number of hydrogen-bond acceptors (Lipinski definition) is 4. The van der Waals surface area contributed by atoms with Crippen LogP contribution in [0.1, 0.15) is 43.8 Å². The smallest absolute Gasteiger partial charge is 0.262 e. The normalized spacial score (nSPS) is 20.2. The number of aliphatic hydroxyl groups is 1. The Balaban J connectivity index is 1.65. The third-order valence-electron chi connectivity index (χ3n) is 4.68. The Morgan fingerprint density at radius 2 is 2.14 bits per heavy atom. The summed E-state index contributed by atoms with van der Waals surface area (Å²) in [5, 5.41) is 13.3. The van der Waals surface area contributed by atoms with Gasteiger partial charge in [-0.05, 0) is 37.6 Å². The molecule has 5 nitrogen and oxygen atoms in total. The molecule has 1 unspecified atom stereocenters. The number of nitrogens with one attached hydrogen (secondary N) is 1. The van der Waals surface area contributed by atoms with Crippen molar-refractivity contribution in [3.63, 3.8) is 0 Å². The number of ether oxygens (including phenoxy) is 1. The van der Waals surface area contributed by atoms with Gasteiger partial charge >= 0.3 is 0 Å². The van der Waals surface area contributed by atoms with Gasteiger partial charge in [0.25, 0.3) is 5.91 Å². The summed E-state index contributed by atoms with van der Waals surface area (Å²) in [6, 6.07) is 6.07. The first-order valence-corrected chi connectivity index (χ1v) is 8.08. The molecule has 1 aromatic carbocycles. The van der Waals surface area contributed by atoms with Crippen LogP contribution in [0.4, 0.5) is 5.69 Å². The quantitative estimate of drug-likeness (QED) is 0.896. The SMILES string of the molecule is CN(CC(O)c1ccc2c(c1)NC(=O)CO2)C1CCCCC1. The van der Waals surface area contributed by atoms with E-state index in [1.165, 1.54) is 32.1 Å². The predicted octanol–water partition coefficient (Wildman–Crippen LogP) is 2.32. The number of anilines is 1. The monoisotopic (exact) mass is 304 g/mol. The molecular weight excluding hydrogens is 280 g/mol. The number of likely N-dealkylation sites (N-methyl/N-ethyl adjacent to an activating group) is 1. The van der Waals surface area contributed by atoms with Gasteiger partial charge in [-0.2, -0.15) is 0 Å². The Bertz CT molecular complexity index is 541. The Kier molecular flexibility index (Phi) is 4.64. The maximum atomic E-state index is 11.4. The number of carbonyl (C=O) groups excluding carboxylic acids is 1. The fourth-order valence-electron chi connectivity index (χ4n) is 3.36. The van der Waals surface area contributed by atoms with E-state index >= 15 is 0 Å². The minimum atomic E-state index is -0.559. The van der Waals surface area contributed by atoms with Crippen LogP contribution in [0.25, 0.3) is 0 Å². The summed E-state index contributed by atoms with van der Waals surface area (Å²) in [6.07, 6.45) is 5.78. The number of rotatable bonds is 4. The maximum Gasteiger partial charge on any atom is 0.262 e. The molecule has 1 aliphatic heterocycles. The van der Waals surface area contributed by atoms with E-state index in [-0.39, 0.29) is 12.5 Å². The lowest BCUT2D eigenvalue weighted by molar-refractivity contribution is -0.118. The minimum absolute atomic E-state index is 0.0549. The third-order valence-corrected chi connectivity index (χ3v) is 4.68. The van der Waals surface area contributed by atoms with E-state index in [4.69, 9.17) is 4.74 Å². The summed E-state index contributed by atoms with van der Waals surface area (Å²) in [7, 11) is 2.09. The molecule has 120 valence electrons. The third kappa shape index (κ3) is 3.42. The fraction of sp³-hybridized carbons (Fsp3) is 0.588. The number of fused-ring (bicyclic) bond motifs is 1. The molecule has 0 radical (unpaired) electrons. The van der Waals surface area contributed by atoms with Crippen molar-refractivity contribution in [1.29, 1.82) is 0 Å². The molecule has 3 rings (SSSR count). The summed E-state index contributed by atoms with van der Waals surface area (Å²) in [5.74, 6) is 0.509. The second-order valence-corrected chi connectivity index (χ2v) is 6.34. The summed E-state index contributed by atoms with van der Waals surface area (Å²) >= 11 is 0. The minimum Gasteiger partial charge on any atom is -0.482 e. The first-order chi connectivity index (χ1) is 10.6. The van der Waals surface area contributed by atoms with E-state index in [0.717, 1.165) is 5.56 Å². The first-order valence-electron chi connectivity index (χ1n) is 8.08. The fourth-order valence-corrected chi connectivity index (χ4v) is 3.36. The highest BCUT2D eigenvalue weighted by Crippen LogP contribution is 2.31. The molecule has 1 saturated carbocycles. The number of benzene rings is 1. The van der Waals surface area contributed by atoms with E-state index in [9.17, 15) is 9.90 Å². The van der Waals surface area contributed by atoms with Crippen LogP contribution in [0.3, 0.4) is 0 Å². The Morgan fingerprint density at radius 3 is 2.91 bits per heavy atom. The van der Waals surface area contributed by atoms with Crippen LogP contribution in [0, 0.1) is 0 Å². The highest BCUT2D eigenvalue weighted by atomic mass is 16.5. The van der Waals surface area contributed by atoms with Crippen molar-refractivity contribution in [2.75, 3.05) is 25.5 Å². The molecule has 22 heavy (non-hydrogen) atoms. The van der Waals surface area contributed by atoms with Gasteiger partial charge in [0, 0.05) is 12.6 Å². The summed E-state index contributed by atoms with van der Waals surface area (Å²) < 4.78 is 5.34. The van der Waals surface area contributed by atoms with Gasteiger partial charge in [0.1, 0.15) is 5.75 Å². The zero-order valence-electron chi connectivity index (χ0n) is 13.0. The maximum absolute atomic E-state index is 11.4. The molecule has 1 aliphatic carbocycles. The van der Waals surface area contributed by atoms with Gasteiger partial charge in [-0.3, -0.25) is 4.79 Å². The lowest BCUT2D eigenvalue weighted by atomic mass is 9.94. The van der Waals surface area contributed by atoms with Crippen LogP contribution in [0.5, 0.6) is 5.75 Å². The van der Waals surface area contributed by atoms with E-state index in [1.807, 2.05) is 18.2 Å². The molecule has 1 heterocycles. The zero-order chi connectivity index (χ0) is 15.5. The standard InChI is InChI=1S/C17H24N2O3/c1-19(13-5-3-2-4-6-13)10-15(20)12-7-8-16-14(9-12)18-17(21)11-22-16/h7-9,13,15,20H,2-6,10-11H2,1H3,(H,18,21). The van der Waals surface area contributed by atoms with E-state index in [0.29, 0.717) is 24.0 Å². The second-order valence-electron chi connectivity index (χ2n) is 6.34. The number of nitrogens with zero attached hydrogens (tertiary/aromatic N) is 1. The molecule has 1 aromatic rings. The Hall–Kier alpha value is -1.59. The average molecular weight is 304 g/mol. The van der Waals surface area contributed by atoms with E-state index in [1.54, 1.807) is 0 Å². The zero-order valence-corrected chi connectivity index (χ0v) is 13.0. The van der Waals surface area contributed by atoms with Crippen molar-refractivity contribution < 1.29 is 14.6 Å². The van der Waals surface area contributed by atoms with Gasteiger partial charge in [0.05, 0.1) is 11.8 Å². The van der Waals surface area contributed by atoms with Gasteiger partial charge < -0.3 is 20.1 Å². The molecule has 0 saturated heterocycles. The van der Waals surface area contributed by atoms with Gasteiger partial charge in [-0.25, -0.2) is 0 Å². The van der Waals surface area contributed by atoms with Crippen LogP contribution in [-0.4, -0.2) is 42.2 Å². The van der Waals surface area contributed by atoms with Crippen molar-refractivity contribution >= 4 is 11.6 Å². The van der Waals surface area contributed by atoms with Gasteiger partial charge in [-0.15, -0.1) is 0 Å². The predicted molar refractivity (Wildman–Crippen MR) is 85.0 cm³/mol. The van der Waals surface area contributed by atoms with Crippen molar-refractivity contribution in [3.8, 4) is 5.75 Å². The largest absolute Gasteiger partial charge is 0.482 e. The van der Waals surface area contributed by atoms with Crippen molar-refractivity contribution in [2.24, 2.45) is 0 Å². The first kappa shape index (κ1) is 15.3. The lowest BCUT2D eigenvalue weighted by Crippen LogP contribution is -2.36.